The zero-order valence-corrected chi connectivity index (χ0v) is 22.1. The zero-order valence-electron chi connectivity index (χ0n) is 22.1. The third-order valence-electron chi connectivity index (χ3n) is 12.5. The number of Topliss-reactive ketones (excluding diaryl/α,β-unsaturated/α-hetero) is 1. The molecule has 0 amide bonds. The fourth-order valence-corrected chi connectivity index (χ4v) is 10.7. The van der Waals surface area contributed by atoms with Crippen LogP contribution in [0.1, 0.15) is 112 Å². The van der Waals surface area contributed by atoms with E-state index in [1.54, 1.807) is 6.08 Å². The molecule has 0 heterocycles. The van der Waals surface area contributed by atoms with Gasteiger partial charge in [0.2, 0.25) is 0 Å². The predicted octanol–water partition coefficient (Wildman–Crippen LogP) is 7.69. The number of rotatable bonds is 1. The first-order valence-electron chi connectivity index (χ1n) is 13.7. The van der Waals surface area contributed by atoms with Crippen LogP contribution in [0.2, 0.25) is 0 Å². The number of hydrogen-bond acceptors (Lipinski definition) is 2. The second-order valence-corrected chi connectivity index (χ2v) is 13.7. The van der Waals surface area contributed by atoms with Crippen LogP contribution in [0.25, 0.3) is 0 Å². The lowest BCUT2D eigenvalue weighted by Gasteiger charge is -2.72. The van der Waals surface area contributed by atoms with Gasteiger partial charge in [-0.3, -0.25) is 9.59 Å². The molecule has 5 fully saturated rings. The van der Waals surface area contributed by atoms with Crippen molar-refractivity contribution >= 4 is 11.8 Å². The maximum absolute atomic E-state index is 12.8. The average molecular weight is 457 g/mol. The Balaban J connectivity index is 0.000000821. The van der Waals surface area contributed by atoms with Crippen molar-refractivity contribution in [3.63, 3.8) is 0 Å². The molecule has 1 N–H and O–H groups in total. The molecule has 8 atom stereocenters. The van der Waals surface area contributed by atoms with Gasteiger partial charge in [-0.05, 0) is 105 Å². The van der Waals surface area contributed by atoms with Crippen LogP contribution in [0, 0.1) is 50.7 Å². The normalized spacial score (nSPS) is 49.9. The van der Waals surface area contributed by atoms with Gasteiger partial charge >= 0.3 is 5.97 Å². The summed E-state index contributed by atoms with van der Waals surface area (Å²) in [4.78, 5) is 25.2. The van der Waals surface area contributed by atoms with E-state index in [9.17, 15) is 14.7 Å². The summed E-state index contributed by atoms with van der Waals surface area (Å²) in [5.74, 6) is 2.06. The molecule has 5 rings (SSSR count). The lowest BCUT2D eigenvalue weighted by atomic mass is 9.32. The van der Waals surface area contributed by atoms with Crippen LogP contribution in [-0.4, -0.2) is 16.9 Å². The number of carboxylic acid groups (broad SMARTS) is 1. The highest BCUT2D eigenvalue weighted by molar-refractivity contribution is 5.85. The molecule has 0 spiro atoms. The van der Waals surface area contributed by atoms with Crippen molar-refractivity contribution in [2.75, 3.05) is 0 Å². The van der Waals surface area contributed by atoms with E-state index in [2.05, 4.69) is 41.2 Å². The molecule has 0 aliphatic heterocycles. The van der Waals surface area contributed by atoms with Gasteiger partial charge in [-0.1, -0.05) is 47.1 Å². The summed E-state index contributed by atoms with van der Waals surface area (Å²) in [5.41, 5.74) is 0.125. The number of fused-ring (bicyclic) bond motifs is 7. The highest BCUT2D eigenvalue weighted by atomic mass is 16.4. The van der Waals surface area contributed by atoms with E-state index in [-0.39, 0.29) is 21.7 Å². The molecule has 0 aromatic carbocycles. The van der Waals surface area contributed by atoms with Crippen molar-refractivity contribution < 1.29 is 14.7 Å². The van der Waals surface area contributed by atoms with E-state index < -0.39 is 11.4 Å². The molecule has 0 radical (unpaired) electrons. The quantitative estimate of drug-likeness (QED) is 0.411. The van der Waals surface area contributed by atoms with E-state index in [0.717, 1.165) is 44.9 Å². The first-order valence-corrected chi connectivity index (χ1v) is 13.7. The summed E-state index contributed by atoms with van der Waals surface area (Å²) >= 11 is 0. The molecule has 33 heavy (non-hydrogen) atoms. The molecule has 0 aromatic rings. The smallest absolute Gasteiger partial charge is 0.309 e. The van der Waals surface area contributed by atoms with E-state index in [1.165, 1.54) is 25.7 Å². The number of allylic oxidation sites excluding steroid dienone is 1. The van der Waals surface area contributed by atoms with Crippen molar-refractivity contribution in [2.45, 2.75) is 112 Å². The van der Waals surface area contributed by atoms with E-state index in [1.807, 2.05) is 6.92 Å². The molecule has 7 unspecified atom stereocenters. The van der Waals surface area contributed by atoms with Gasteiger partial charge in [0.25, 0.3) is 0 Å². The number of ketones is 1. The van der Waals surface area contributed by atoms with Crippen LogP contribution < -0.4 is 0 Å². The molecule has 5 saturated carbocycles. The summed E-state index contributed by atoms with van der Waals surface area (Å²) in [6.45, 7) is 17.3. The Morgan fingerprint density at radius 1 is 0.879 bits per heavy atom. The Morgan fingerprint density at radius 2 is 1.55 bits per heavy atom. The van der Waals surface area contributed by atoms with Crippen LogP contribution in [0.5, 0.6) is 0 Å². The summed E-state index contributed by atoms with van der Waals surface area (Å²) < 4.78 is 0. The minimum absolute atomic E-state index is 0.192. The molecule has 5 aliphatic rings. The second-order valence-electron chi connectivity index (χ2n) is 13.7. The molecule has 3 heteroatoms. The third-order valence-corrected chi connectivity index (χ3v) is 12.5. The number of hydrogen-bond donors (Lipinski definition) is 1. The Labute approximate surface area is 202 Å². The van der Waals surface area contributed by atoms with Crippen LogP contribution in [-0.2, 0) is 9.59 Å². The maximum atomic E-state index is 12.8. The summed E-state index contributed by atoms with van der Waals surface area (Å²) in [7, 11) is 0. The van der Waals surface area contributed by atoms with Crippen molar-refractivity contribution in [3.8, 4) is 0 Å². The summed E-state index contributed by atoms with van der Waals surface area (Å²) in [6.07, 6.45) is 13.5. The standard InChI is InChI=1S/C27H42O3.C3H6/c1-23(2)19-10-14-26(5)20(24(19,3)13-11-21(23)28)9-8-17-18-7-6-12-27(18,22(29)30)16-15-25(17,26)4;1-3-2/h17-20H,6-16H2,1-5H3,(H,29,30);3H,1H2,2H3/t17?,18?,19?,20?,24?,25-,26?,27?;/m1./s1. The number of carbonyl (C=O) groups is 2. The molecular formula is C30H48O3. The fraction of sp³-hybridized carbons (Fsp3) is 0.867. The van der Waals surface area contributed by atoms with Gasteiger partial charge in [-0.15, -0.1) is 6.58 Å². The molecule has 0 aromatic heterocycles. The van der Waals surface area contributed by atoms with Gasteiger partial charge in [-0.2, -0.15) is 0 Å². The van der Waals surface area contributed by atoms with Crippen LogP contribution in [0.15, 0.2) is 12.7 Å². The largest absolute Gasteiger partial charge is 0.481 e. The first kappa shape index (κ1) is 25.0. The van der Waals surface area contributed by atoms with Crippen molar-refractivity contribution in [3.05, 3.63) is 12.7 Å². The second kappa shape index (κ2) is 7.95. The Bertz CT molecular complexity index is 828. The Morgan fingerprint density at radius 3 is 2.18 bits per heavy atom. The Hall–Kier alpha value is -1.12. The Kier molecular flexibility index (Phi) is 6.02. The third kappa shape index (κ3) is 3.12. The zero-order chi connectivity index (χ0) is 24.4. The number of carboxylic acids is 1. The molecule has 0 saturated heterocycles. The van der Waals surface area contributed by atoms with Gasteiger partial charge in [0, 0.05) is 11.8 Å². The fourth-order valence-electron chi connectivity index (χ4n) is 10.7. The topological polar surface area (TPSA) is 54.4 Å². The molecular weight excluding hydrogens is 408 g/mol. The van der Waals surface area contributed by atoms with E-state index >= 15 is 0 Å². The van der Waals surface area contributed by atoms with Gasteiger partial charge in [0.05, 0.1) is 5.41 Å². The number of carbonyl (C=O) groups excluding carboxylic acids is 1. The van der Waals surface area contributed by atoms with Crippen molar-refractivity contribution in [1.82, 2.24) is 0 Å². The molecule has 5 aliphatic carbocycles. The van der Waals surface area contributed by atoms with Gasteiger partial charge in [0.1, 0.15) is 5.78 Å². The number of aliphatic carboxylic acids is 1. The monoisotopic (exact) mass is 456 g/mol. The first-order chi connectivity index (χ1) is 15.3. The SMILES string of the molecule is C=CC.CC1(C)C(=O)CCC2(C)C1CCC1(C)C2CCC2C3CCCC3(C(=O)O)CC[C@]21C. The lowest BCUT2D eigenvalue weighted by molar-refractivity contribution is -0.232. The van der Waals surface area contributed by atoms with Crippen molar-refractivity contribution in [2.24, 2.45) is 50.7 Å². The highest BCUT2D eigenvalue weighted by Gasteiger charge is 2.70. The molecule has 0 bridgehead atoms. The minimum Gasteiger partial charge on any atom is -0.481 e. The lowest BCUT2D eigenvalue weighted by Crippen LogP contribution is -2.66. The van der Waals surface area contributed by atoms with Crippen LogP contribution in [0.3, 0.4) is 0 Å². The van der Waals surface area contributed by atoms with Crippen molar-refractivity contribution in [1.29, 1.82) is 0 Å². The van der Waals surface area contributed by atoms with E-state index in [0.29, 0.717) is 29.5 Å². The maximum Gasteiger partial charge on any atom is 0.309 e. The average Bonchev–Trinajstić information content (AvgIpc) is 3.18. The summed E-state index contributed by atoms with van der Waals surface area (Å²) in [6, 6.07) is 0. The van der Waals surface area contributed by atoms with Crippen LogP contribution in [0.4, 0.5) is 0 Å². The van der Waals surface area contributed by atoms with Gasteiger partial charge < -0.3 is 5.11 Å². The minimum atomic E-state index is -0.512. The van der Waals surface area contributed by atoms with E-state index in [4.69, 9.17) is 0 Å². The summed E-state index contributed by atoms with van der Waals surface area (Å²) in [5, 5.41) is 10.2. The van der Waals surface area contributed by atoms with Gasteiger partial charge in [-0.25, -0.2) is 0 Å². The van der Waals surface area contributed by atoms with Gasteiger partial charge in [0.15, 0.2) is 0 Å². The predicted molar refractivity (Wildman–Crippen MR) is 134 cm³/mol. The van der Waals surface area contributed by atoms with Crippen LogP contribution >= 0.6 is 0 Å². The molecule has 3 nitrogen and oxygen atoms in total. The molecule has 186 valence electrons. The highest BCUT2D eigenvalue weighted by Crippen LogP contribution is 2.76.